The third-order valence-corrected chi connectivity index (χ3v) is 4.26. The van der Waals surface area contributed by atoms with E-state index in [2.05, 4.69) is 5.32 Å². The zero-order chi connectivity index (χ0) is 16.3. The number of benzene rings is 1. The van der Waals surface area contributed by atoms with Crippen molar-refractivity contribution in [1.82, 2.24) is 4.90 Å². The lowest BCUT2D eigenvalue weighted by atomic mass is 9.93. The van der Waals surface area contributed by atoms with Gasteiger partial charge >= 0.3 is 11.8 Å². The minimum atomic E-state index is -0.611. The Morgan fingerprint density at radius 3 is 2.77 bits per heavy atom. The summed E-state index contributed by atoms with van der Waals surface area (Å²) in [5.74, 6) is -1.09. The van der Waals surface area contributed by atoms with Crippen molar-refractivity contribution in [2.75, 3.05) is 18.4 Å². The molecule has 0 radical (unpaired) electrons. The van der Waals surface area contributed by atoms with Gasteiger partial charge in [0, 0.05) is 24.7 Å². The number of aliphatic hydroxyl groups excluding tert-OH is 1. The average Bonchev–Trinajstić information content (AvgIpc) is 2.50. The van der Waals surface area contributed by atoms with Gasteiger partial charge in [0.1, 0.15) is 0 Å². The smallest absolute Gasteiger partial charge is 0.313 e. The molecule has 1 aromatic carbocycles. The third kappa shape index (κ3) is 3.85. The van der Waals surface area contributed by atoms with E-state index in [1.54, 1.807) is 11.8 Å². The number of rotatable bonds is 2. The summed E-state index contributed by atoms with van der Waals surface area (Å²) in [6.07, 6.45) is 1.25. The second-order valence-electron chi connectivity index (χ2n) is 6.17. The molecule has 1 heterocycles. The highest BCUT2D eigenvalue weighted by molar-refractivity contribution is 6.39. The number of aryl methyl sites for hydroxylation is 2. The molecular formula is C17H24N2O3. The molecule has 1 aromatic rings. The standard InChI is InChI=1S/C17H24N2O3/c1-11-6-7-12(2)15(9-11)18-16(21)17(22)19-8-4-5-14(10-19)13(3)20/h6-7,9,13-14,20H,4-5,8,10H2,1-3H3,(H,18,21). The molecule has 0 spiro atoms. The topological polar surface area (TPSA) is 69.6 Å². The highest BCUT2D eigenvalue weighted by Gasteiger charge is 2.29. The maximum atomic E-state index is 12.3. The molecule has 2 amide bonds. The van der Waals surface area contributed by atoms with E-state index in [0.29, 0.717) is 18.8 Å². The van der Waals surface area contributed by atoms with Crippen LogP contribution in [0.2, 0.25) is 0 Å². The molecule has 2 N–H and O–H groups in total. The molecule has 5 heteroatoms. The molecule has 0 saturated carbocycles. The number of amides is 2. The van der Waals surface area contributed by atoms with E-state index in [4.69, 9.17) is 0 Å². The lowest BCUT2D eigenvalue weighted by molar-refractivity contribution is -0.144. The summed E-state index contributed by atoms with van der Waals surface area (Å²) in [6.45, 7) is 6.58. The average molecular weight is 304 g/mol. The van der Waals surface area contributed by atoms with Crippen molar-refractivity contribution in [3.05, 3.63) is 29.3 Å². The molecule has 5 nitrogen and oxygen atoms in total. The third-order valence-electron chi connectivity index (χ3n) is 4.26. The van der Waals surface area contributed by atoms with Gasteiger partial charge < -0.3 is 15.3 Å². The zero-order valence-electron chi connectivity index (χ0n) is 13.4. The fourth-order valence-electron chi connectivity index (χ4n) is 2.78. The molecule has 22 heavy (non-hydrogen) atoms. The van der Waals surface area contributed by atoms with Crippen LogP contribution in [-0.4, -0.2) is 41.0 Å². The minimum absolute atomic E-state index is 0.0474. The first-order chi connectivity index (χ1) is 10.4. The molecule has 1 aliphatic rings. The van der Waals surface area contributed by atoms with Crippen LogP contribution in [-0.2, 0) is 9.59 Å². The van der Waals surface area contributed by atoms with E-state index in [0.717, 1.165) is 24.0 Å². The highest BCUT2D eigenvalue weighted by atomic mass is 16.3. The molecular weight excluding hydrogens is 280 g/mol. The van der Waals surface area contributed by atoms with Gasteiger partial charge in [-0.25, -0.2) is 0 Å². The maximum absolute atomic E-state index is 12.3. The number of nitrogens with zero attached hydrogens (tertiary/aromatic N) is 1. The molecule has 1 aliphatic heterocycles. The van der Waals surface area contributed by atoms with Crippen LogP contribution in [0, 0.1) is 19.8 Å². The lowest BCUT2D eigenvalue weighted by Crippen LogP contribution is -2.47. The summed E-state index contributed by atoms with van der Waals surface area (Å²) in [4.78, 5) is 26.0. The summed E-state index contributed by atoms with van der Waals surface area (Å²) < 4.78 is 0. The van der Waals surface area contributed by atoms with E-state index in [1.165, 1.54) is 0 Å². The van der Waals surface area contributed by atoms with Crippen LogP contribution in [0.1, 0.15) is 30.9 Å². The quantitative estimate of drug-likeness (QED) is 0.819. The number of hydrogen-bond acceptors (Lipinski definition) is 3. The number of piperidine rings is 1. The van der Waals surface area contributed by atoms with Crippen LogP contribution in [0.3, 0.4) is 0 Å². The molecule has 120 valence electrons. The van der Waals surface area contributed by atoms with Crippen LogP contribution < -0.4 is 5.32 Å². The van der Waals surface area contributed by atoms with Crippen LogP contribution >= 0.6 is 0 Å². The molecule has 2 atom stereocenters. The van der Waals surface area contributed by atoms with Gasteiger partial charge in [-0.05, 0) is 50.8 Å². The summed E-state index contributed by atoms with van der Waals surface area (Å²) in [5, 5.41) is 12.4. The minimum Gasteiger partial charge on any atom is -0.393 e. The number of carbonyl (C=O) groups excluding carboxylic acids is 2. The Labute approximate surface area is 131 Å². The Hall–Kier alpha value is -1.88. The summed E-state index contributed by atoms with van der Waals surface area (Å²) in [6, 6.07) is 5.74. The largest absolute Gasteiger partial charge is 0.393 e. The first-order valence-corrected chi connectivity index (χ1v) is 7.74. The van der Waals surface area contributed by atoms with Crippen molar-refractivity contribution in [3.63, 3.8) is 0 Å². The predicted octanol–water partition coefficient (Wildman–Crippen LogP) is 1.86. The molecule has 2 rings (SSSR count). The molecule has 0 aliphatic carbocycles. The van der Waals surface area contributed by atoms with Crippen molar-refractivity contribution in [1.29, 1.82) is 0 Å². The summed E-state index contributed by atoms with van der Waals surface area (Å²) >= 11 is 0. The number of anilines is 1. The second-order valence-corrected chi connectivity index (χ2v) is 6.17. The predicted molar refractivity (Wildman–Crippen MR) is 85.5 cm³/mol. The van der Waals surface area contributed by atoms with E-state index in [9.17, 15) is 14.7 Å². The maximum Gasteiger partial charge on any atom is 0.313 e. The summed E-state index contributed by atoms with van der Waals surface area (Å²) in [7, 11) is 0. The monoisotopic (exact) mass is 304 g/mol. The number of nitrogens with one attached hydrogen (secondary N) is 1. The molecule has 0 aromatic heterocycles. The Balaban J connectivity index is 2.03. The van der Waals surface area contributed by atoms with Gasteiger partial charge in [0.2, 0.25) is 0 Å². The Morgan fingerprint density at radius 2 is 2.09 bits per heavy atom. The second kappa shape index (κ2) is 6.92. The van der Waals surface area contributed by atoms with Crippen molar-refractivity contribution in [3.8, 4) is 0 Å². The first-order valence-electron chi connectivity index (χ1n) is 7.74. The van der Waals surface area contributed by atoms with Crippen LogP contribution in [0.4, 0.5) is 5.69 Å². The fourth-order valence-corrected chi connectivity index (χ4v) is 2.78. The molecule has 0 bridgehead atoms. The van der Waals surface area contributed by atoms with Crippen LogP contribution in [0.25, 0.3) is 0 Å². The van der Waals surface area contributed by atoms with Crippen LogP contribution in [0.15, 0.2) is 18.2 Å². The Kier molecular flexibility index (Phi) is 5.19. The number of likely N-dealkylation sites (tertiary alicyclic amines) is 1. The van der Waals surface area contributed by atoms with E-state index >= 15 is 0 Å². The van der Waals surface area contributed by atoms with Gasteiger partial charge in [0.05, 0.1) is 6.10 Å². The van der Waals surface area contributed by atoms with Crippen molar-refractivity contribution >= 4 is 17.5 Å². The number of hydrogen-bond donors (Lipinski definition) is 2. The first kappa shape index (κ1) is 16.5. The normalized spacial score (nSPS) is 19.6. The van der Waals surface area contributed by atoms with Gasteiger partial charge in [-0.1, -0.05) is 12.1 Å². The Bertz CT molecular complexity index is 569. The van der Waals surface area contributed by atoms with Gasteiger partial charge in [0.25, 0.3) is 0 Å². The molecule has 1 saturated heterocycles. The van der Waals surface area contributed by atoms with Gasteiger partial charge in [-0.3, -0.25) is 9.59 Å². The van der Waals surface area contributed by atoms with E-state index < -0.39 is 17.9 Å². The van der Waals surface area contributed by atoms with Gasteiger partial charge in [-0.15, -0.1) is 0 Å². The van der Waals surface area contributed by atoms with Crippen molar-refractivity contribution in [2.24, 2.45) is 5.92 Å². The van der Waals surface area contributed by atoms with Crippen molar-refractivity contribution < 1.29 is 14.7 Å². The van der Waals surface area contributed by atoms with Crippen molar-refractivity contribution in [2.45, 2.75) is 39.7 Å². The highest BCUT2D eigenvalue weighted by Crippen LogP contribution is 2.21. The van der Waals surface area contributed by atoms with Crippen LogP contribution in [0.5, 0.6) is 0 Å². The van der Waals surface area contributed by atoms with Gasteiger partial charge in [0.15, 0.2) is 0 Å². The zero-order valence-corrected chi connectivity index (χ0v) is 13.4. The van der Waals surface area contributed by atoms with Gasteiger partial charge in [-0.2, -0.15) is 0 Å². The fraction of sp³-hybridized carbons (Fsp3) is 0.529. The molecule has 2 unspecified atom stereocenters. The summed E-state index contributed by atoms with van der Waals surface area (Å²) in [5.41, 5.74) is 2.62. The Morgan fingerprint density at radius 1 is 1.36 bits per heavy atom. The van der Waals surface area contributed by atoms with E-state index in [1.807, 2.05) is 32.0 Å². The SMILES string of the molecule is Cc1ccc(C)c(NC(=O)C(=O)N2CCCC(C(C)O)C2)c1. The van der Waals surface area contributed by atoms with E-state index in [-0.39, 0.29) is 5.92 Å². The lowest BCUT2D eigenvalue weighted by Gasteiger charge is -2.33. The number of aliphatic hydroxyl groups is 1. The molecule has 1 fully saturated rings. The number of carbonyl (C=O) groups is 2.